The number of ether oxygens (including phenoxy) is 1. The number of hydrogen-bond donors (Lipinski definition) is 2. The first-order valence-electron chi connectivity index (χ1n) is 7.35. The van der Waals surface area contributed by atoms with E-state index in [9.17, 15) is 14.4 Å². The number of carbonyl (C=O) groups is 3. The van der Waals surface area contributed by atoms with Crippen molar-refractivity contribution in [3.8, 4) is 0 Å². The number of nitrogens with one attached hydrogen (secondary N) is 1. The summed E-state index contributed by atoms with van der Waals surface area (Å²) in [7, 11) is 0. The normalized spacial score (nSPS) is 19.1. The van der Waals surface area contributed by atoms with Gasteiger partial charge in [0.1, 0.15) is 0 Å². The van der Waals surface area contributed by atoms with E-state index in [1.807, 2.05) is 0 Å². The predicted molar refractivity (Wildman–Crippen MR) is 86.0 cm³/mol. The molecule has 0 bridgehead atoms. The molecule has 1 aliphatic heterocycles. The Morgan fingerprint density at radius 1 is 1.17 bits per heavy atom. The number of anilines is 1. The molecule has 3 rings (SSSR count). The maximum absolute atomic E-state index is 12.6. The van der Waals surface area contributed by atoms with Crippen LogP contribution in [0.3, 0.4) is 0 Å². The highest BCUT2D eigenvalue weighted by Crippen LogP contribution is 2.29. The number of benzene rings is 2. The van der Waals surface area contributed by atoms with Crippen LogP contribution in [0.5, 0.6) is 0 Å². The van der Waals surface area contributed by atoms with Crippen LogP contribution in [0.1, 0.15) is 33.2 Å². The molecular weight excluding hydrogens is 310 g/mol. The monoisotopic (exact) mass is 325 g/mol. The average Bonchev–Trinajstić information content (AvgIpc) is 2.55. The highest BCUT2D eigenvalue weighted by Gasteiger charge is 2.42. The first-order chi connectivity index (χ1) is 11.4. The van der Waals surface area contributed by atoms with Crippen molar-refractivity contribution in [3.05, 3.63) is 65.2 Å². The lowest BCUT2D eigenvalue weighted by Gasteiger charge is -2.33. The molecule has 0 aliphatic carbocycles. The van der Waals surface area contributed by atoms with Crippen molar-refractivity contribution in [1.29, 1.82) is 0 Å². The van der Waals surface area contributed by atoms with E-state index in [0.29, 0.717) is 11.3 Å². The van der Waals surface area contributed by atoms with Crippen molar-refractivity contribution < 1.29 is 24.2 Å². The molecule has 0 saturated heterocycles. The van der Waals surface area contributed by atoms with Gasteiger partial charge in [0.25, 0.3) is 5.91 Å². The second-order valence-electron chi connectivity index (χ2n) is 5.79. The number of aromatic carboxylic acids is 1. The Morgan fingerprint density at radius 3 is 2.67 bits per heavy atom. The first kappa shape index (κ1) is 15.7. The number of esters is 1. The molecule has 2 aromatic carbocycles. The number of rotatable bonds is 3. The summed E-state index contributed by atoms with van der Waals surface area (Å²) in [6, 6.07) is 12.9. The maximum atomic E-state index is 12.6. The molecule has 122 valence electrons. The molecule has 0 radical (unpaired) electrons. The van der Waals surface area contributed by atoms with Crippen LogP contribution >= 0.6 is 0 Å². The molecule has 1 heterocycles. The van der Waals surface area contributed by atoms with Crippen LogP contribution in [-0.4, -0.2) is 28.6 Å². The van der Waals surface area contributed by atoms with E-state index in [4.69, 9.17) is 9.84 Å². The summed E-state index contributed by atoms with van der Waals surface area (Å²) in [4.78, 5) is 35.7. The van der Waals surface area contributed by atoms with Crippen molar-refractivity contribution in [2.24, 2.45) is 0 Å². The summed E-state index contributed by atoms with van der Waals surface area (Å²) in [5.41, 5.74) is 0.228. The van der Waals surface area contributed by atoms with Crippen LogP contribution < -0.4 is 5.32 Å². The van der Waals surface area contributed by atoms with Crippen LogP contribution in [0.25, 0.3) is 0 Å². The minimum Gasteiger partial charge on any atom is -0.478 e. The van der Waals surface area contributed by atoms with Gasteiger partial charge in [0.05, 0.1) is 11.1 Å². The Bertz CT molecular complexity index is 845. The van der Waals surface area contributed by atoms with Gasteiger partial charge in [0.2, 0.25) is 0 Å². The molecule has 1 atom stereocenters. The molecule has 2 aromatic rings. The van der Waals surface area contributed by atoms with Gasteiger partial charge in [-0.3, -0.25) is 4.79 Å². The van der Waals surface area contributed by atoms with E-state index in [1.54, 1.807) is 30.3 Å². The second-order valence-corrected chi connectivity index (χ2v) is 5.79. The van der Waals surface area contributed by atoms with Crippen LogP contribution in [-0.2, 0) is 16.0 Å². The SMILES string of the molecule is C[C@]1(C(=O)Nc2cccc(C(=O)O)c2)Cc2ccccc2C(=O)O1. The van der Waals surface area contributed by atoms with Crippen LogP contribution in [0.2, 0.25) is 0 Å². The van der Waals surface area contributed by atoms with E-state index in [1.165, 1.54) is 25.1 Å². The fraction of sp³-hybridized carbons (Fsp3) is 0.167. The number of carboxylic acids is 1. The summed E-state index contributed by atoms with van der Waals surface area (Å²) in [5, 5.41) is 11.6. The lowest BCUT2D eigenvalue weighted by atomic mass is 9.89. The number of hydrogen-bond acceptors (Lipinski definition) is 4. The lowest BCUT2D eigenvalue weighted by molar-refractivity contribution is -0.134. The third-order valence-corrected chi connectivity index (χ3v) is 3.93. The minimum absolute atomic E-state index is 0.0592. The largest absolute Gasteiger partial charge is 0.478 e. The van der Waals surface area contributed by atoms with Gasteiger partial charge in [-0.25, -0.2) is 9.59 Å². The van der Waals surface area contributed by atoms with Gasteiger partial charge in [-0.2, -0.15) is 0 Å². The minimum atomic E-state index is -1.36. The van der Waals surface area contributed by atoms with Gasteiger partial charge < -0.3 is 15.2 Å². The Hall–Kier alpha value is -3.15. The van der Waals surface area contributed by atoms with Crippen molar-refractivity contribution in [2.75, 3.05) is 5.32 Å². The van der Waals surface area contributed by atoms with Gasteiger partial charge in [0, 0.05) is 12.1 Å². The molecule has 0 fully saturated rings. The summed E-state index contributed by atoms with van der Waals surface area (Å²) < 4.78 is 5.34. The average molecular weight is 325 g/mol. The predicted octanol–water partition coefficient (Wildman–Crippen LogP) is 2.50. The summed E-state index contributed by atoms with van der Waals surface area (Å²) in [5.74, 6) is -2.14. The van der Waals surface area contributed by atoms with E-state index in [0.717, 1.165) is 5.56 Å². The third-order valence-electron chi connectivity index (χ3n) is 3.93. The molecule has 0 unspecified atom stereocenters. The molecular formula is C18H15NO5. The summed E-state index contributed by atoms with van der Waals surface area (Å²) >= 11 is 0. The Balaban J connectivity index is 1.84. The fourth-order valence-electron chi connectivity index (χ4n) is 2.65. The van der Waals surface area contributed by atoms with Gasteiger partial charge in [0.15, 0.2) is 5.60 Å². The number of carboxylic acid groups (broad SMARTS) is 1. The van der Waals surface area contributed by atoms with Crippen LogP contribution in [0, 0.1) is 0 Å². The number of cyclic esters (lactones) is 1. The van der Waals surface area contributed by atoms with Gasteiger partial charge in [-0.15, -0.1) is 0 Å². The smallest absolute Gasteiger partial charge is 0.339 e. The number of fused-ring (bicyclic) bond motifs is 1. The Morgan fingerprint density at radius 2 is 1.92 bits per heavy atom. The zero-order valence-electron chi connectivity index (χ0n) is 12.9. The molecule has 0 aromatic heterocycles. The zero-order valence-corrected chi connectivity index (χ0v) is 12.9. The Kier molecular flexibility index (Phi) is 3.81. The van der Waals surface area contributed by atoms with Gasteiger partial charge in [-0.05, 0) is 36.8 Å². The molecule has 6 heteroatoms. The molecule has 24 heavy (non-hydrogen) atoms. The van der Waals surface area contributed by atoms with Crippen molar-refractivity contribution >= 4 is 23.5 Å². The highest BCUT2D eigenvalue weighted by atomic mass is 16.6. The van der Waals surface area contributed by atoms with E-state index in [2.05, 4.69) is 5.32 Å². The van der Waals surface area contributed by atoms with Crippen LogP contribution in [0.15, 0.2) is 48.5 Å². The summed E-state index contributed by atoms with van der Waals surface area (Å²) in [6.07, 6.45) is 0.249. The molecule has 0 spiro atoms. The first-order valence-corrected chi connectivity index (χ1v) is 7.35. The van der Waals surface area contributed by atoms with E-state index in [-0.39, 0.29) is 12.0 Å². The van der Waals surface area contributed by atoms with Crippen molar-refractivity contribution in [3.63, 3.8) is 0 Å². The molecule has 6 nitrogen and oxygen atoms in total. The zero-order chi connectivity index (χ0) is 17.3. The standard InChI is InChI=1S/C18H15NO5/c1-18(10-12-5-2-3-8-14(12)16(22)24-18)17(23)19-13-7-4-6-11(9-13)15(20)21/h2-9H,10H2,1H3,(H,19,23)(H,20,21)/t18-/m1/s1. The van der Waals surface area contributed by atoms with Crippen molar-refractivity contribution in [1.82, 2.24) is 0 Å². The van der Waals surface area contributed by atoms with Crippen LogP contribution in [0.4, 0.5) is 5.69 Å². The topological polar surface area (TPSA) is 92.7 Å². The lowest BCUT2D eigenvalue weighted by Crippen LogP contribution is -2.48. The van der Waals surface area contributed by atoms with Crippen molar-refractivity contribution in [2.45, 2.75) is 18.9 Å². The summed E-state index contributed by atoms with van der Waals surface area (Å²) in [6.45, 7) is 1.54. The quantitative estimate of drug-likeness (QED) is 0.846. The highest BCUT2D eigenvalue weighted by molar-refractivity contribution is 6.03. The molecule has 1 aliphatic rings. The Labute approximate surface area is 138 Å². The van der Waals surface area contributed by atoms with Gasteiger partial charge >= 0.3 is 11.9 Å². The number of amides is 1. The van der Waals surface area contributed by atoms with E-state index >= 15 is 0 Å². The molecule has 2 N–H and O–H groups in total. The third kappa shape index (κ3) is 2.86. The number of carbonyl (C=O) groups excluding carboxylic acids is 2. The molecule has 0 saturated carbocycles. The maximum Gasteiger partial charge on any atom is 0.339 e. The second kappa shape index (κ2) is 5.81. The van der Waals surface area contributed by atoms with Gasteiger partial charge in [-0.1, -0.05) is 24.3 Å². The fourth-order valence-corrected chi connectivity index (χ4v) is 2.65. The van der Waals surface area contributed by atoms with E-state index < -0.39 is 23.4 Å². The molecule has 1 amide bonds.